The second-order valence-corrected chi connectivity index (χ2v) is 7.77. The van der Waals surface area contributed by atoms with Crippen LogP contribution in [0.2, 0.25) is 0 Å². The number of rotatable bonds is 6. The molecule has 0 bridgehead atoms. The Balaban J connectivity index is 2.78. The largest absolute Gasteiger partial charge is 0.383 e. The van der Waals surface area contributed by atoms with E-state index >= 15 is 0 Å². The Morgan fingerprint density at radius 1 is 1.21 bits per heavy atom. The molecule has 0 radical (unpaired) electrons. The molecule has 6 heteroatoms. The molecule has 1 rings (SSSR count). The minimum Gasteiger partial charge on any atom is -0.383 e. The van der Waals surface area contributed by atoms with Crippen molar-refractivity contribution < 1.29 is 8.42 Å². The predicted molar refractivity (Wildman–Crippen MR) is 80.3 cm³/mol. The summed E-state index contributed by atoms with van der Waals surface area (Å²) in [6, 6.07) is 6.99. The first kappa shape index (κ1) is 16.3. The zero-order valence-corrected chi connectivity index (χ0v) is 13.3. The standard InChI is InChI=1S/C13H21ClN2O2S/c1-10(14)9-11(2)15-12-5-7-13(8-6-12)19(17,18)16(3)4/h5-8,10-11,15H,9H2,1-4H3. The van der Waals surface area contributed by atoms with Crippen LogP contribution in [-0.2, 0) is 10.0 Å². The molecular formula is C13H21ClN2O2S. The lowest BCUT2D eigenvalue weighted by molar-refractivity contribution is 0.521. The van der Waals surface area contributed by atoms with E-state index in [0.29, 0.717) is 4.90 Å². The van der Waals surface area contributed by atoms with E-state index in [-0.39, 0.29) is 11.4 Å². The zero-order chi connectivity index (χ0) is 14.6. The Kier molecular flexibility index (Phi) is 5.64. The smallest absolute Gasteiger partial charge is 0.242 e. The van der Waals surface area contributed by atoms with Gasteiger partial charge in [-0.05, 0) is 44.5 Å². The molecule has 1 aromatic rings. The molecule has 0 aromatic heterocycles. The summed E-state index contributed by atoms with van der Waals surface area (Å²) in [5, 5.41) is 3.40. The number of sulfonamides is 1. The summed E-state index contributed by atoms with van der Waals surface area (Å²) in [7, 11) is -0.318. The number of hydrogen-bond acceptors (Lipinski definition) is 3. The van der Waals surface area contributed by atoms with Gasteiger partial charge in [0.1, 0.15) is 0 Å². The van der Waals surface area contributed by atoms with E-state index in [9.17, 15) is 8.42 Å². The molecule has 2 atom stereocenters. The number of nitrogens with one attached hydrogen (secondary N) is 1. The maximum Gasteiger partial charge on any atom is 0.242 e. The van der Waals surface area contributed by atoms with Crippen molar-refractivity contribution in [3.05, 3.63) is 24.3 Å². The van der Waals surface area contributed by atoms with Crippen LogP contribution in [0.15, 0.2) is 29.2 Å². The number of anilines is 1. The second-order valence-electron chi connectivity index (χ2n) is 4.87. The van der Waals surface area contributed by atoms with Crippen molar-refractivity contribution in [1.29, 1.82) is 0 Å². The van der Waals surface area contributed by atoms with Crippen LogP contribution in [0.25, 0.3) is 0 Å². The van der Waals surface area contributed by atoms with Gasteiger partial charge in [0, 0.05) is 31.2 Å². The molecule has 0 aliphatic carbocycles. The van der Waals surface area contributed by atoms with Gasteiger partial charge < -0.3 is 5.32 Å². The van der Waals surface area contributed by atoms with Crippen molar-refractivity contribution in [2.24, 2.45) is 0 Å². The lowest BCUT2D eigenvalue weighted by Crippen LogP contribution is -2.22. The molecule has 0 aliphatic heterocycles. The predicted octanol–water partition coefficient (Wildman–Crippen LogP) is 2.75. The first-order valence-electron chi connectivity index (χ1n) is 6.16. The van der Waals surface area contributed by atoms with Crippen molar-refractivity contribution in [2.75, 3.05) is 19.4 Å². The Labute approximate surface area is 120 Å². The van der Waals surface area contributed by atoms with Gasteiger partial charge in [-0.25, -0.2) is 12.7 Å². The summed E-state index contributed by atoms with van der Waals surface area (Å²) in [6.07, 6.45) is 0.847. The zero-order valence-electron chi connectivity index (χ0n) is 11.7. The van der Waals surface area contributed by atoms with Crippen LogP contribution in [0.1, 0.15) is 20.3 Å². The second kappa shape index (κ2) is 6.59. The van der Waals surface area contributed by atoms with E-state index in [1.165, 1.54) is 18.4 Å². The number of hydrogen-bond donors (Lipinski definition) is 1. The SMILES string of the molecule is CC(Cl)CC(C)Nc1ccc(S(=O)(=O)N(C)C)cc1. The molecule has 0 spiro atoms. The summed E-state index contributed by atoms with van der Waals surface area (Å²) < 4.78 is 25.0. The number of alkyl halides is 1. The van der Waals surface area contributed by atoms with Crippen LogP contribution < -0.4 is 5.32 Å². The third-order valence-corrected chi connectivity index (χ3v) is 4.73. The van der Waals surface area contributed by atoms with Gasteiger partial charge in [0.05, 0.1) is 4.90 Å². The van der Waals surface area contributed by atoms with Crippen LogP contribution in [-0.4, -0.2) is 38.2 Å². The molecule has 2 unspecified atom stereocenters. The number of halogens is 1. The van der Waals surface area contributed by atoms with Gasteiger partial charge in [0.2, 0.25) is 10.0 Å². The third kappa shape index (κ3) is 4.67. The summed E-state index contributed by atoms with van der Waals surface area (Å²) in [6.45, 7) is 4.00. The topological polar surface area (TPSA) is 49.4 Å². The van der Waals surface area contributed by atoms with Crippen LogP contribution in [0.3, 0.4) is 0 Å². The Morgan fingerprint density at radius 3 is 2.16 bits per heavy atom. The summed E-state index contributed by atoms with van der Waals surface area (Å²) in [5.41, 5.74) is 0.891. The van der Waals surface area contributed by atoms with E-state index in [0.717, 1.165) is 12.1 Å². The van der Waals surface area contributed by atoms with Gasteiger partial charge in [-0.3, -0.25) is 0 Å². The lowest BCUT2D eigenvalue weighted by atomic mass is 10.2. The Bertz CT molecular complexity index is 498. The maximum atomic E-state index is 11.9. The summed E-state index contributed by atoms with van der Waals surface area (Å²) in [4.78, 5) is 0.293. The molecule has 4 nitrogen and oxygen atoms in total. The molecule has 1 N–H and O–H groups in total. The van der Waals surface area contributed by atoms with E-state index in [1.54, 1.807) is 24.3 Å². The summed E-state index contributed by atoms with van der Waals surface area (Å²) >= 11 is 5.93. The average Bonchev–Trinajstić information content (AvgIpc) is 2.28. The molecule has 0 aliphatic rings. The molecule has 108 valence electrons. The van der Waals surface area contributed by atoms with Crippen molar-refractivity contribution in [3.63, 3.8) is 0 Å². The highest BCUT2D eigenvalue weighted by Gasteiger charge is 2.16. The highest BCUT2D eigenvalue weighted by molar-refractivity contribution is 7.89. The number of benzene rings is 1. The average molecular weight is 305 g/mol. The molecule has 0 amide bonds. The van der Waals surface area contributed by atoms with Crippen LogP contribution in [0, 0.1) is 0 Å². The molecule has 0 saturated heterocycles. The first-order chi connectivity index (χ1) is 8.73. The van der Waals surface area contributed by atoms with Crippen molar-refractivity contribution >= 4 is 27.3 Å². The van der Waals surface area contributed by atoms with Crippen LogP contribution in [0.5, 0.6) is 0 Å². The fraction of sp³-hybridized carbons (Fsp3) is 0.538. The van der Waals surface area contributed by atoms with Crippen LogP contribution in [0.4, 0.5) is 5.69 Å². The van der Waals surface area contributed by atoms with Gasteiger partial charge >= 0.3 is 0 Å². The highest BCUT2D eigenvalue weighted by Crippen LogP contribution is 2.18. The van der Waals surface area contributed by atoms with Gasteiger partial charge in [-0.2, -0.15) is 0 Å². The maximum absolute atomic E-state index is 11.9. The fourth-order valence-corrected chi connectivity index (χ4v) is 2.93. The van der Waals surface area contributed by atoms with E-state index in [1.807, 2.05) is 13.8 Å². The van der Waals surface area contributed by atoms with E-state index in [4.69, 9.17) is 11.6 Å². The Morgan fingerprint density at radius 2 is 1.74 bits per heavy atom. The van der Waals surface area contributed by atoms with Gasteiger partial charge in [-0.15, -0.1) is 11.6 Å². The third-order valence-electron chi connectivity index (χ3n) is 2.72. The highest BCUT2D eigenvalue weighted by atomic mass is 35.5. The molecule has 1 aromatic carbocycles. The van der Waals surface area contributed by atoms with Gasteiger partial charge in [-0.1, -0.05) is 0 Å². The minimum atomic E-state index is -3.36. The first-order valence-corrected chi connectivity index (χ1v) is 8.04. The molecule has 0 saturated carbocycles. The van der Waals surface area contributed by atoms with E-state index < -0.39 is 10.0 Å². The molecule has 19 heavy (non-hydrogen) atoms. The Hall–Kier alpha value is -0.780. The van der Waals surface area contributed by atoms with Crippen molar-refractivity contribution in [1.82, 2.24) is 4.31 Å². The van der Waals surface area contributed by atoms with Crippen LogP contribution >= 0.6 is 11.6 Å². The minimum absolute atomic E-state index is 0.107. The van der Waals surface area contributed by atoms with Gasteiger partial charge in [0.15, 0.2) is 0 Å². The molecule has 0 fully saturated rings. The molecule has 0 heterocycles. The number of nitrogens with zero attached hydrogens (tertiary/aromatic N) is 1. The van der Waals surface area contributed by atoms with Crippen molar-refractivity contribution in [2.45, 2.75) is 36.6 Å². The monoisotopic (exact) mass is 304 g/mol. The van der Waals surface area contributed by atoms with E-state index in [2.05, 4.69) is 5.32 Å². The van der Waals surface area contributed by atoms with Gasteiger partial charge in [0.25, 0.3) is 0 Å². The normalized spacial score (nSPS) is 15.3. The summed E-state index contributed by atoms with van der Waals surface area (Å²) in [5.74, 6) is 0. The fourth-order valence-electron chi connectivity index (χ4n) is 1.76. The quantitative estimate of drug-likeness (QED) is 0.822. The lowest BCUT2D eigenvalue weighted by Gasteiger charge is -2.17. The molecular weight excluding hydrogens is 284 g/mol. The van der Waals surface area contributed by atoms with Crippen molar-refractivity contribution in [3.8, 4) is 0 Å².